The van der Waals surface area contributed by atoms with E-state index < -0.39 is 11.8 Å². The Morgan fingerprint density at radius 1 is 1.38 bits per heavy atom. The number of carboxylic acid groups (broad SMARTS) is 1. The zero-order valence-corrected chi connectivity index (χ0v) is 12.1. The van der Waals surface area contributed by atoms with Crippen molar-refractivity contribution in [3.8, 4) is 0 Å². The summed E-state index contributed by atoms with van der Waals surface area (Å²) < 4.78 is 15.0. The lowest BCUT2D eigenvalue weighted by Crippen LogP contribution is -2.11. The average Bonchev–Trinajstić information content (AvgIpc) is 2.74. The van der Waals surface area contributed by atoms with Gasteiger partial charge in [-0.05, 0) is 44.5 Å². The van der Waals surface area contributed by atoms with E-state index >= 15 is 0 Å². The molecule has 0 spiro atoms. The molecular weight excluding hydrogens is 273 g/mol. The summed E-state index contributed by atoms with van der Waals surface area (Å²) in [5.74, 6) is -1.70. The summed E-state index contributed by atoms with van der Waals surface area (Å²) in [4.78, 5) is 11.1. The normalized spacial score (nSPS) is 10.6. The van der Waals surface area contributed by atoms with E-state index in [1.165, 1.54) is 12.1 Å². The van der Waals surface area contributed by atoms with Gasteiger partial charge in [0, 0.05) is 24.5 Å². The minimum atomic E-state index is -1.14. The van der Waals surface area contributed by atoms with E-state index in [1.54, 1.807) is 0 Å². The zero-order valence-electron chi connectivity index (χ0n) is 12.1. The lowest BCUT2D eigenvalue weighted by molar-refractivity contribution is 0.0697. The number of anilines is 1. The van der Waals surface area contributed by atoms with Gasteiger partial charge < -0.3 is 10.4 Å². The number of nitrogens with one attached hydrogen (secondary N) is 1. The van der Waals surface area contributed by atoms with Gasteiger partial charge in [-0.3, -0.25) is 4.68 Å². The quantitative estimate of drug-likeness (QED) is 0.803. The fourth-order valence-electron chi connectivity index (χ4n) is 2.20. The molecular formula is C15H18FN3O2. The molecule has 0 saturated carbocycles. The smallest absolute Gasteiger partial charge is 0.337 e. The van der Waals surface area contributed by atoms with Gasteiger partial charge in [-0.1, -0.05) is 0 Å². The molecule has 2 aromatic rings. The number of carboxylic acids is 1. The summed E-state index contributed by atoms with van der Waals surface area (Å²) in [6.45, 7) is 5.27. The zero-order chi connectivity index (χ0) is 15.4. The van der Waals surface area contributed by atoms with Gasteiger partial charge in [-0.15, -0.1) is 0 Å². The molecule has 112 valence electrons. The van der Waals surface area contributed by atoms with Crippen LogP contribution < -0.4 is 5.32 Å². The third-order valence-corrected chi connectivity index (χ3v) is 3.18. The van der Waals surface area contributed by atoms with Gasteiger partial charge in [0.25, 0.3) is 0 Å². The summed E-state index contributed by atoms with van der Waals surface area (Å²) in [5, 5.41) is 16.4. The van der Waals surface area contributed by atoms with Gasteiger partial charge in [-0.25, -0.2) is 9.18 Å². The second-order valence-electron chi connectivity index (χ2n) is 4.93. The maximum absolute atomic E-state index is 13.1. The minimum Gasteiger partial charge on any atom is -0.478 e. The first-order valence-corrected chi connectivity index (χ1v) is 6.75. The Morgan fingerprint density at radius 2 is 2.14 bits per heavy atom. The second kappa shape index (κ2) is 6.39. The summed E-state index contributed by atoms with van der Waals surface area (Å²) in [6.07, 6.45) is 0.790. The summed E-state index contributed by atoms with van der Waals surface area (Å²) in [6, 6.07) is 5.72. The van der Waals surface area contributed by atoms with Crippen LogP contribution in [0.5, 0.6) is 0 Å². The van der Waals surface area contributed by atoms with Crippen molar-refractivity contribution >= 4 is 11.7 Å². The first-order valence-electron chi connectivity index (χ1n) is 6.75. The van der Waals surface area contributed by atoms with E-state index in [4.69, 9.17) is 5.11 Å². The van der Waals surface area contributed by atoms with Gasteiger partial charge >= 0.3 is 5.97 Å². The Morgan fingerprint density at radius 3 is 2.76 bits per heavy atom. The van der Waals surface area contributed by atoms with Crippen LogP contribution in [0.2, 0.25) is 0 Å². The Hall–Kier alpha value is -2.37. The highest BCUT2D eigenvalue weighted by Crippen LogP contribution is 2.17. The van der Waals surface area contributed by atoms with E-state index in [2.05, 4.69) is 10.4 Å². The van der Waals surface area contributed by atoms with Crippen LogP contribution in [-0.4, -0.2) is 27.4 Å². The molecule has 0 fully saturated rings. The van der Waals surface area contributed by atoms with E-state index in [-0.39, 0.29) is 5.56 Å². The van der Waals surface area contributed by atoms with Crippen LogP contribution in [0.25, 0.3) is 0 Å². The Bertz CT molecular complexity index is 652. The number of halogens is 1. The van der Waals surface area contributed by atoms with Crippen molar-refractivity contribution in [1.82, 2.24) is 9.78 Å². The highest BCUT2D eigenvalue weighted by Gasteiger charge is 2.10. The lowest BCUT2D eigenvalue weighted by Gasteiger charge is -2.10. The third-order valence-electron chi connectivity index (χ3n) is 3.18. The molecule has 5 nitrogen and oxygen atoms in total. The minimum absolute atomic E-state index is 0.0545. The number of nitrogens with zero attached hydrogens (tertiary/aromatic N) is 2. The number of aromatic nitrogens is 2. The predicted octanol–water partition coefficient (Wildman–Crippen LogP) is 2.84. The molecule has 0 saturated heterocycles. The van der Waals surface area contributed by atoms with E-state index in [0.29, 0.717) is 12.2 Å². The van der Waals surface area contributed by atoms with Crippen LogP contribution in [0.3, 0.4) is 0 Å². The molecule has 0 amide bonds. The van der Waals surface area contributed by atoms with Crippen molar-refractivity contribution in [1.29, 1.82) is 0 Å². The van der Waals surface area contributed by atoms with E-state index in [0.717, 1.165) is 30.4 Å². The molecule has 0 atom stereocenters. The molecule has 0 radical (unpaired) electrons. The van der Waals surface area contributed by atoms with E-state index in [1.807, 2.05) is 24.6 Å². The Labute approximate surface area is 122 Å². The molecule has 0 aliphatic rings. The summed E-state index contributed by atoms with van der Waals surface area (Å²) >= 11 is 0. The Kier molecular flexibility index (Phi) is 4.57. The van der Waals surface area contributed by atoms with Crippen LogP contribution in [-0.2, 0) is 6.54 Å². The van der Waals surface area contributed by atoms with Gasteiger partial charge in [0.1, 0.15) is 5.82 Å². The van der Waals surface area contributed by atoms with Crippen molar-refractivity contribution in [2.45, 2.75) is 26.8 Å². The molecule has 0 unspecified atom stereocenters. The standard InChI is InChI=1S/C15H18FN3O2/c1-10-8-11(2)19(18-10)7-3-6-17-14-5-4-12(16)9-13(14)15(20)21/h4-5,8-9,17H,3,6-7H2,1-2H3,(H,20,21). The number of aromatic carboxylic acids is 1. The molecule has 1 heterocycles. The molecule has 2 N–H and O–H groups in total. The van der Waals surface area contributed by atoms with Crippen molar-refractivity contribution in [3.05, 3.63) is 47.0 Å². The van der Waals surface area contributed by atoms with Crippen molar-refractivity contribution in [2.75, 3.05) is 11.9 Å². The molecule has 2 rings (SSSR count). The number of benzene rings is 1. The topological polar surface area (TPSA) is 67.2 Å². The highest BCUT2D eigenvalue weighted by atomic mass is 19.1. The molecule has 6 heteroatoms. The van der Waals surface area contributed by atoms with Crippen LogP contribution in [0, 0.1) is 19.7 Å². The first-order chi connectivity index (χ1) is 9.97. The fraction of sp³-hybridized carbons (Fsp3) is 0.333. The molecule has 1 aromatic carbocycles. The largest absolute Gasteiger partial charge is 0.478 e. The summed E-state index contributed by atoms with van der Waals surface area (Å²) in [5.41, 5.74) is 2.45. The predicted molar refractivity (Wildman–Crippen MR) is 78.2 cm³/mol. The number of hydrogen-bond acceptors (Lipinski definition) is 3. The number of aryl methyl sites for hydroxylation is 3. The summed E-state index contributed by atoms with van der Waals surface area (Å²) in [7, 11) is 0. The number of rotatable bonds is 6. The lowest BCUT2D eigenvalue weighted by atomic mass is 10.1. The number of carbonyl (C=O) groups is 1. The molecule has 0 aliphatic heterocycles. The fourth-order valence-corrected chi connectivity index (χ4v) is 2.20. The van der Waals surface area contributed by atoms with Crippen LogP contribution in [0.4, 0.5) is 10.1 Å². The van der Waals surface area contributed by atoms with Crippen molar-refractivity contribution < 1.29 is 14.3 Å². The molecule has 0 aliphatic carbocycles. The average molecular weight is 291 g/mol. The van der Waals surface area contributed by atoms with Gasteiger partial charge in [0.05, 0.1) is 11.3 Å². The highest BCUT2D eigenvalue weighted by molar-refractivity contribution is 5.94. The van der Waals surface area contributed by atoms with Crippen molar-refractivity contribution in [2.24, 2.45) is 0 Å². The van der Waals surface area contributed by atoms with Crippen LogP contribution in [0.1, 0.15) is 28.2 Å². The van der Waals surface area contributed by atoms with Crippen LogP contribution >= 0.6 is 0 Å². The van der Waals surface area contributed by atoms with Gasteiger partial charge in [-0.2, -0.15) is 5.10 Å². The van der Waals surface area contributed by atoms with Gasteiger partial charge in [0.15, 0.2) is 0 Å². The molecule has 1 aromatic heterocycles. The third kappa shape index (κ3) is 3.81. The molecule has 0 bridgehead atoms. The maximum Gasteiger partial charge on any atom is 0.337 e. The SMILES string of the molecule is Cc1cc(C)n(CCCNc2ccc(F)cc2C(=O)O)n1. The second-order valence-corrected chi connectivity index (χ2v) is 4.93. The first kappa shape index (κ1) is 15.0. The van der Waals surface area contributed by atoms with Crippen molar-refractivity contribution in [3.63, 3.8) is 0 Å². The monoisotopic (exact) mass is 291 g/mol. The van der Waals surface area contributed by atoms with Crippen LogP contribution in [0.15, 0.2) is 24.3 Å². The van der Waals surface area contributed by atoms with Gasteiger partial charge in [0.2, 0.25) is 0 Å². The Balaban J connectivity index is 1.92. The molecule has 21 heavy (non-hydrogen) atoms. The van der Waals surface area contributed by atoms with E-state index in [9.17, 15) is 9.18 Å². The number of hydrogen-bond donors (Lipinski definition) is 2. The maximum atomic E-state index is 13.1.